The standard InChI is InChI=1S/C13H23NS/c1-5-8-14-9-10(2)12(4)13-7-6-11(3)15-13/h6-7,10,12,14H,5,8-9H2,1-4H3. The Hall–Kier alpha value is -0.340. The SMILES string of the molecule is CCCNCC(C)C(C)c1ccc(C)s1. The van der Waals surface area contributed by atoms with E-state index >= 15 is 0 Å². The first kappa shape index (κ1) is 12.7. The Bertz CT molecular complexity index is 280. The van der Waals surface area contributed by atoms with Crippen LogP contribution in [0.25, 0.3) is 0 Å². The maximum Gasteiger partial charge on any atom is 0.00794 e. The zero-order valence-corrected chi connectivity index (χ0v) is 11.2. The van der Waals surface area contributed by atoms with E-state index in [1.54, 1.807) is 0 Å². The summed E-state index contributed by atoms with van der Waals surface area (Å²) in [5.41, 5.74) is 0. The van der Waals surface area contributed by atoms with Crippen LogP contribution in [-0.4, -0.2) is 13.1 Å². The third-order valence-corrected chi connectivity index (χ3v) is 4.16. The summed E-state index contributed by atoms with van der Waals surface area (Å²) in [6.45, 7) is 11.3. The molecule has 0 aromatic carbocycles. The lowest BCUT2D eigenvalue weighted by Gasteiger charge is -2.19. The number of aryl methyl sites for hydroxylation is 1. The van der Waals surface area contributed by atoms with Gasteiger partial charge in [0.25, 0.3) is 0 Å². The van der Waals surface area contributed by atoms with Gasteiger partial charge in [0, 0.05) is 9.75 Å². The molecule has 0 aliphatic rings. The van der Waals surface area contributed by atoms with Gasteiger partial charge in [-0.2, -0.15) is 0 Å². The third-order valence-electron chi connectivity index (χ3n) is 2.96. The molecular weight excluding hydrogens is 202 g/mol. The van der Waals surface area contributed by atoms with Crippen LogP contribution in [0, 0.1) is 12.8 Å². The quantitative estimate of drug-likeness (QED) is 0.726. The number of hydrogen-bond donors (Lipinski definition) is 1. The van der Waals surface area contributed by atoms with Crippen LogP contribution in [0.5, 0.6) is 0 Å². The summed E-state index contributed by atoms with van der Waals surface area (Å²) in [5.74, 6) is 1.39. The van der Waals surface area contributed by atoms with E-state index in [0.717, 1.165) is 19.0 Å². The topological polar surface area (TPSA) is 12.0 Å². The third kappa shape index (κ3) is 3.96. The van der Waals surface area contributed by atoms with Crippen molar-refractivity contribution in [3.63, 3.8) is 0 Å². The molecule has 0 fully saturated rings. The summed E-state index contributed by atoms with van der Waals surface area (Å²) in [5, 5.41) is 3.50. The van der Waals surface area contributed by atoms with E-state index < -0.39 is 0 Å². The summed E-state index contributed by atoms with van der Waals surface area (Å²) >= 11 is 1.94. The van der Waals surface area contributed by atoms with Crippen molar-refractivity contribution in [3.8, 4) is 0 Å². The van der Waals surface area contributed by atoms with Gasteiger partial charge in [0.1, 0.15) is 0 Å². The molecule has 0 bridgehead atoms. The van der Waals surface area contributed by atoms with Crippen LogP contribution in [0.15, 0.2) is 12.1 Å². The average molecular weight is 225 g/mol. The molecule has 86 valence electrons. The number of thiophene rings is 1. The highest BCUT2D eigenvalue weighted by Gasteiger charge is 2.15. The van der Waals surface area contributed by atoms with E-state index in [4.69, 9.17) is 0 Å². The Labute approximate surface area is 97.9 Å². The molecule has 0 radical (unpaired) electrons. The Kier molecular flexibility index (Phi) is 5.34. The van der Waals surface area contributed by atoms with Gasteiger partial charge in [0.15, 0.2) is 0 Å². The van der Waals surface area contributed by atoms with Crippen LogP contribution >= 0.6 is 11.3 Å². The molecule has 0 aliphatic heterocycles. The fraction of sp³-hybridized carbons (Fsp3) is 0.692. The molecule has 1 nitrogen and oxygen atoms in total. The summed E-state index contributed by atoms with van der Waals surface area (Å²) in [4.78, 5) is 2.95. The van der Waals surface area contributed by atoms with Gasteiger partial charge in [-0.1, -0.05) is 20.8 Å². The van der Waals surface area contributed by atoms with E-state index in [-0.39, 0.29) is 0 Å². The maximum absolute atomic E-state index is 3.50. The predicted octanol–water partition coefficient (Wildman–Crippen LogP) is 3.80. The summed E-state index contributed by atoms with van der Waals surface area (Å²) in [7, 11) is 0. The number of hydrogen-bond acceptors (Lipinski definition) is 2. The second-order valence-electron chi connectivity index (χ2n) is 4.42. The first-order valence-electron chi connectivity index (χ1n) is 5.92. The van der Waals surface area contributed by atoms with Crippen LogP contribution in [0.2, 0.25) is 0 Å². The van der Waals surface area contributed by atoms with E-state index in [0.29, 0.717) is 5.92 Å². The highest BCUT2D eigenvalue weighted by molar-refractivity contribution is 7.12. The van der Waals surface area contributed by atoms with Crippen LogP contribution in [0.1, 0.15) is 42.9 Å². The van der Waals surface area contributed by atoms with Crippen molar-refractivity contribution in [2.75, 3.05) is 13.1 Å². The minimum absolute atomic E-state index is 0.674. The fourth-order valence-electron chi connectivity index (χ4n) is 1.66. The smallest absolute Gasteiger partial charge is 0.00794 e. The first-order valence-corrected chi connectivity index (χ1v) is 6.73. The number of rotatable bonds is 6. The largest absolute Gasteiger partial charge is 0.316 e. The molecule has 1 rings (SSSR count). The van der Waals surface area contributed by atoms with Crippen molar-refractivity contribution in [2.45, 2.75) is 40.0 Å². The van der Waals surface area contributed by atoms with Gasteiger partial charge >= 0.3 is 0 Å². The van der Waals surface area contributed by atoms with Gasteiger partial charge in [0.05, 0.1) is 0 Å². The van der Waals surface area contributed by atoms with Crippen molar-refractivity contribution in [1.82, 2.24) is 5.32 Å². The highest BCUT2D eigenvalue weighted by atomic mass is 32.1. The van der Waals surface area contributed by atoms with E-state index in [9.17, 15) is 0 Å². The molecule has 0 amide bonds. The maximum atomic E-state index is 3.50. The zero-order chi connectivity index (χ0) is 11.3. The van der Waals surface area contributed by atoms with Gasteiger partial charge in [-0.25, -0.2) is 0 Å². The Morgan fingerprint density at radius 1 is 1.33 bits per heavy atom. The van der Waals surface area contributed by atoms with Gasteiger partial charge in [-0.05, 0) is 50.4 Å². The molecule has 1 N–H and O–H groups in total. The van der Waals surface area contributed by atoms with Gasteiger partial charge < -0.3 is 5.32 Å². The fourth-order valence-corrected chi connectivity index (χ4v) is 2.72. The Balaban J connectivity index is 2.42. The molecule has 2 atom stereocenters. The average Bonchev–Trinajstić information content (AvgIpc) is 2.64. The minimum atomic E-state index is 0.674. The van der Waals surface area contributed by atoms with Crippen molar-refractivity contribution in [1.29, 1.82) is 0 Å². The molecule has 0 saturated carbocycles. The lowest BCUT2D eigenvalue weighted by Crippen LogP contribution is -2.24. The molecule has 2 heteroatoms. The van der Waals surface area contributed by atoms with E-state index in [2.05, 4.69) is 45.1 Å². The van der Waals surface area contributed by atoms with E-state index in [1.807, 2.05) is 11.3 Å². The van der Waals surface area contributed by atoms with Crippen LogP contribution in [-0.2, 0) is 0 Å². The Morgan fingerprint density at radius 2 is 2.07 bits per heavy atom. The second-order valence-corrected chi connectivity index (χ2v) is 5.74. The van der Waals surface area contributed by atoms with Gasteiger partial charge in [0.2, 0.25) is 0 Å². The molecule has 1 aromatic heterocycles. The van der Waals surface area contributed by atoms with Crippen molar-refractivity contribution in [2.24, 2.45) is 5.92 Å². The van der Waals surface area contributed by atoms with Crippen LogP contribution in [0.3, 0.4) is 0 Å². The van der Waals surface area contributed by atoms with Crippen molar-refractivity contribution >= 4 is 11.3 Å². The van der Waals surface area contributed by atoms with Gasteiger partial charge in [-0.15, -0.1) is 11.3 Å². The van der Waals surface area contributed by atoms with Crippen molar-refractivity contribution < 1.29 is 0 Å². The normalized spacial score (nSPS) is 15.2. The van der Waals surface area contributed by atoms with Gasteiger partial charge in [-0.3, -0.25) is 0 Å². The number of nitrogens with one attached hydrogen (secondary N) is 1. The van der Waals surface area contributed by atoms with Crippen molar-refractivity contribution in [3.05, 3.63) is 21.9 Å². The van der Waals surface area contributed by atoms with Crippen LogP contribution < -0.4 is 5.32 Å². The zero-order valence-electron chi connectivity index (χ0n) is 10.3. The monoisotopic (exact) mass is 225 g/mol. The summed E-state index contributed by atoms with van der Waals surface area (Å²) in [6.07, 6.45) is 1.22. The lowest BCUT2D eigenvalue weighted by molar-refractivity contribution is 0.452. The van der Waals surface area contributed by atoms with E-state index in [1.165, 1.54) is 16.2 Å². The predicted molar refractivity (Wildman–Crippen MR) is 69.8 cm³/mol. The molecule has 0 spiro atoms. The lowest BCUT2D eigenvalue weighted by atomic mass is 9.94. The molecule has 2 unspecified atom stereocenters. The van der Waals surface area contributed by atoms with Crippen LogP contribution in [0.4, 0.5) is 0 Å². The molecule has 1 aromatic rings. The first-order chi connectivity index (χ1) is 7.15. The highest BCUT2D eigenvalue weighted by Crippen LogP contribution is 2.29. The minimum Gasteiger partial charge on any atom is -0.316 e. The molecule has 1 heterocycles. The second kappa shape index (κ2) is 6.29. The molecule has 0 aliphatic carbocycles. The Morgan fingerprint density at radius 3 is 2.60 bits per heavy atom. The summed E-state index contributed by atoms with van der Waals surface area (Å²) < 4.78 is 0. The summed E-state index contributed by atoms with van der Waals surface area (Å²) in [6, 6.07) is 4.50. The molecular formula is C13H23NS. The molecule has 15 heavy (non-hydrogen) atoms. The molecule has 0 saturated heterocycles.